The van der Waals surface area contributed by atoms with Crippen molar-refractivity contribution in [2.45, 2.75) is 44.9 Å². The summed E-state index contributed by atoms with van der Waals surface area (Å²) in [4.78, 5) is 1.21. The fourth-order valence-electron chi connectivity index (χ4n) is 1.88. The van der Waals surface area contributed by atoms with Gasteiger partial charge in [0.05, 0.1) is 10.8 Å². The molecule has 0 bridgehead atoms. The van der Waals surface area contributed by atoms with Gasteiger partial charge in [-0.2, -0.15) is 0 Å². The molecule has 0 fully saturated rings. The molecule has 3 nitrogen and oxygen atoms in total. The Labute approximate surface area is 115 Å². The summed E-state index contributed by atoms with van der Waals surface area (Å²) >= 11 is 1.66. The normalized spacial score (nSPS) is 14.7. The van der Waals surface area contributed by atoms with Crippen LogP contribution in [-0.2, 0) is 9.84 Å². The summed E-state index contributed by atoms with van der Waals surface area (Å²) in [5, 5.41) is 5.42. The van der Waals surface area contributed by atoms with Gasteiger partial charge in [0, 0.05) is 11.1 Å². The second kappa shape index (κ2) is 5.72. The van der Waals surface area contributed by atoms with Gasteiger partial charge in [-0.25, -0.2) is 8.42 Å². The van der Waals surface area contributed by atoms with Crippen molar-refractivity contribution in [2.75, 3.05) is 12.8 Å². The second-order valence-corrected chi connectivity index (χ2v) is 8.97. The highest BCUT2D eigenvalue weighted by atomic mass is 32.2. The highest BCUT2D eigenvalue weighted by Crippen LogP contribution is 2.34. The first-order valence-corrected chi connectivity index (χ1v) is 8.95. The van der Waals surface area contributed by atoms with Crippen LogP contribution < -0.4 is 5.32 Å². The number of nitrogens with one attached hydrogen (secondary N) is 1. The van der Waals surface area contributed by atoms with Gasteiger partial charge in [-0.3, -0.25) is 0 Å². The molecule has 0 aliphatic rings. The molecule has 0 aromatic carbocycles. The van der Waals surface area contributed by atoms with Crippen molar-refractivity contribution < 1.29 is 8.42 Å². The SMILES string of the molecule is CCCNC(c1csc(C)c1)C(C)(C)S(C)(=O)=O. The van der Waals surface area contributed by atoms with E-state index in [1.165, 1.54) is 11.1 Å². The molecule has 1 aromatic heterocycles. The number of sulfone groups is 1. The first-order chi connectivity index (χ1) is 8.20. The van der Waals surface area contributed by atoms with Crippen molar-refractivity contribution in [3.63, 3.8) is 0 Å². The lowest BCUT2D eigenvalue weighted by Crippen LogP contribution is -2.45. The zero-order valence-corrected chi connectivity index (χ0v) is 13.4. The average molecular weight is 289 g/mol. The van der Waals surface area contributed by atoms with Crippen LogP contribution in [0.1, 0.15) is 43.7 Å². The summed E-state index contributed by atoms with van der Waals surface area (Å²) in [6, 6.07) is 1.92. The van der Waals surface area contributed by atoms with Crippen molar-refractivity contribution in [1.82, 2.24) is 5.32 Å². The predicted octanol–water partition coefficient (Wildman–Crippen LogP) is 2.92. The van der Waals surface area contributed by atoms with Crippen LogP contribution >= 0.6 is 11.3 Å². The van der Waals surface area contributed by atoms with Gasteiger partial charge in [-0.1, -0.05) is 6.92 Å². The van der Waals surface area contributed by atoms with Gasteiger partial charge < -0.3 is 5.32 Å². The van der Waals surface area contributed by atoms with E-state index in [9.17, 15) is 8.42 Å². The summed E-state index contributed by atoms with van der Waals surface area (Å²) < 4.78 is 23.2. The lowest BCUT2D eigenvalue weighted by Gasteiger charge is -2.33. The van der Waals surface area contributed by atoms with Crippen molar-refractivity contribution in [3.05, 3.63) is 21.9 Å². The Morgan fingerprint density at radius 1 is 1.44 bits per heavy atom. The van der Waals surface area contributed by atoms with Crippen LogP contribution in [0, 0.1) is 6.92 Å². The Bertz CT molecular complexity index is 489. The van der Waals surface area contributed by atoms with Crippen LogP contribution in [0.15, 0.2) is 11.4 Å². The number of rotatable bonds is 6. The van der Waals surface area contributed by atoms with Gasteiger partial charge in [-0.05, 0) is 50.7 Å². The van der Waals surface area contributed by atoms with E-state index in [0.29, 0.717) is 0 Å². The lowest BCUT2D eigenvalue weighted by molar-refractivity contribution is 0.421. The van der Waals surface area contributed by atoms with E-state index < -0.39 is 14.6 Å². The molecule has 0 saturated heterocycles. The maximum absolute atomic E-state index is 12.0. The number of hydrogen-bond donors (Lipinski definition) is 1. The highest BCUT2D eigenvalue weighted by Gasteiger charge is 2.39. The van der Waals surface area contributed by atoms with Crippen molar-refractivity contribution in [3.8, 4) is 0 Å². The maximum atomic E-state index is 12.0. The van der Waals surface area contributed by atoms with Gasteiger partial charge >= 0.3 is 0 Å². The third-order valence-electron chi connectivity index (χ3n) is 3.33. The third kappa shape index (κ3) is 3.33. The molecule has 1 atom stereocenters. The molecule has 1 N–H and O–H groups in total. The first kappa shape index (κ1) is 15.7. The van der Waals surface area contributed by atoms with Gasteiger partial charge in [-0.15, -0.1) is 11.3 Å². The molecule has 1 aromatic rings. The van der Waals surface area contributed by atoms with E-state index in [0.717, 1.165) is 18.5 Å². The molecule has 1 unspecified atom stereocenters. The van der Waals surface area contributed by atoms with E-state index in [1.807, 2.05) is 6.92 Å². The molecule has 0 aliphatic heterocycles. The fourth-order valence-corrected chi connectivity index (χ4v) is 3.26. The highest BCUT2D eigenvalue weighted by molar-refractivity contribution is 7.92. The molecule has 104 valence electrons. The van der Waals surface area contributed by atoms with Crippen LogP contribution in [0.2, 0.25) is 0 Å². The van der Waals surface area contributed by atoms with Crippen LogP contribution in [0.25, 0.3) is 0 Å². The van der Waals surface area contributed by atoms with Crippen LogP contribution in [0.4, 0.5) is 0 Å². The zero-order chi connectivity index (χ0) is 14.0. The minimum absolute atomic E-state index is 0.155. The molecule has 0 saturated carbocycles. The van der Waals surface area contributed by atoms with Gasteiger partial charge in [0.1, 0.15) is 0 Å². The Morgan fingerprint density at radius 3 is 2.44 bits per heavy atom. The fraction of sp³-hybridized carbons (Fsp3) is 0.692. The Balaban J connectivity index is 3.13. The lowest BCUT2D eigenvalue weighted by atomic mass is 9.97. The largest absolute Gasteiger partial charge is 0.309 e. The maximum Gasteiger partial charge on any atom is 0.154 e. The molecule has 5 heteroatoms. The second-order valence-electron chi connectivity index (χ2n) is 5.25. The molecular formula is C13H23NO2S2. The Morgan fingerprint density at radius 2 is 2.06 bits per heavy atom. The van der Waals surface area contributed by atoms with Gasteiger partial charge in [0.25, 0.3) is 0 Å². The minimum atomic E-state index is -3.13. The standard InChI is InChI=1S/C13H23NO2S2/c1-6-7-14-12(11-8-10(2)17-9-11)13(3,4)18(5,15)16/h8-9,12,14H,6-7H2,1-5H3. The van der Waals surface area contributed by atoms with Crippen molar-refractivity contribution in [2.24, 2.45) is 0 Å². The van der Waals surface area contributed by atoms with E-state index in [4.69, 9.17) is 0 Å². The van der Waals surface area contributed by atoms with Gasteiger partial charge in [0.15, 0.2) is 9.84 Å². The van der Waals surface area contributed by atoms with E-state index >= 15 is 0 Å². The van der Waals surface area contributed by atoms with E-state index in [-0.39, 0.29) is 6.04 Å². The van der Waals surface area contributed by atoms with E-state index in [1.54, 1.807) is 25.2 Å². The predicted molar refractivity (Wildman–Crippen MR) is 79.0 cm³/mol. The number of hydrogen-bond acceptors (Lipinski definition) is 4. The molecule has 0 radical (unpaired) electrons. The summed E-state index contributed by atoms with van der Waals surface area (Å²) in [6.45, 7) is 8.53. The quantitative estimate of drug-likeness (QED) is 0.876. The molecule has 0 spiro atoms. The van der Waals surface area contributed by atoms with Crippen LogP contribution in [-0.4, -0.2) is 26.0 Å². The number of aryl methyl sites for hydroxylation is 1. The smallest absolute Gasteiger partial charge is 0.154 e. The van der Waals surface area contributed by atoms with E-state index in [2.05, 4.69) is 23.7 Å². The average Bonchev–Trinajstić information content (AvgIpc) is 2.63. The summed E-state index contributed by atoms with van der Waals surface area (Å²) in [5.74, 6) is 0. The third-order valence-corrected chi connectivity index (χ3v) is 6.36. The molecule has 1 heterocycles. The molecule has 1 rings (SSSR count). The number of thiophene rings is 1. The Kier molecular flexibility index (Phi) is 4.98. The molecular weight excluding hydrogens is 266 g/mol. The van der Waals surface area contributed by atoms with Crippen molar-refractivity contribution in [1.29, 1.82) is 0 Å². The first-order valence-electron chi connectivity index (χ1n) is 6.18. The zero-order valence-electron chi connectivity index (χ0n) is 11.8. The van der Waals surface area contributed by atoms with Crippen LogP contribution in [0.5, 0.6) is 0 Å². The summed E-state index contributed by atoms with van der Waals surface area (Å²) in [7, 11) is -3.13. The van der Waals surface area contributed by atoms with Crippen molar-refractivity contribution >= 4 is 21.2 Å². The monoisotopic (exact) mass is 289 g/mol. The summed E-state index contributed by atoms with van der Waals surface area (Å²) in [6.07, 6.45) is 2.30. The molecule has 0 aliphatic carbocycles. The van der Waals surface area contributed by atoms with Gasteiger partial charge in [0.2, 0.25) is 0 Å². The minimum Gasteiger partial charge on any atom is -0.309 e. The Hall–Kier alpha value is -0.390. The topological polar surface area (TPSA) is 46.2 Å². The summed E-state index contributed by atoms with van der Waals surface area (Å²) in [5.41, 5.74) is 1.07. The molecule has 0 amide bonds. The molecule has 18 heavy (non-hydrogen) atoms. The van der Waals surface area contributed by atoms with Crippen LogP contribution in [0.3, 0.4) is 0 Å².